The fourth-order valence-corrected chi connectivity index (χ4v) is 2.10. The number of thiazole rings is 1. The van der Waals surface area contributed by atoms with E-state index in [4.69, 9.17) is 10.2 Å². The molecule has 4 heteroatoms. The quantitative estimate of drug-likeness (QED) is 0.850. The van der Waals surface area contributed by atoms with Crippen LogP contribution in [0.1, 0.15) is 24.6 Å². The molecular weight excluding hydrogens is 208 g/mol. The van der Waals surface area contributed by atoms with Gasteiger partial charge in [0, 0.05) is 5.38 Å². The average Bonchev–Trinajstić information content (AvgIpc) is 2.69. The maximum Gasteiger partial charge on any atom is 0.153 e. The second-order valence-corrected chi connectivity index (χ2v) is 5.03. The molecule has 3 nitrogen and oxygen atoms in total. The van der Waals surface area contributed by atoms with E-state index in [-0.39, 0.29) is 5.54 Å². The molecule has 0 spiro atoms. The molecule has 0 aliphatic carbocycles. The zero-order valence-corrected chi connectivity index (χ0v) is 9.89. The van der Waals surface area contributed by atoms with Gasteiger partial charge >= 0.3 is 0 Å². The highest BCUT2D eigenvalue weighted by Gasteiger charge is 2.19. The van der Waals surface area contributed by atoms with E-state index in [0.717, 1.165) is 22.2 Å². The van der Waals surface area contributed by atoms with Crippen molar-refractivity contribution in [3.63, 3.8) is 0 Å². The molecule has 2 heterocycles. The van der Waals surface area contributed by atoms with Crippen LogP contribution < -0.4 is 5.73 Å². The third-order valence-corrected chi connectivity index (χ3v) is 3.23. The average molecular weight is 222 g/mol. The summed E-state index contributed by atoms with van der Waals surface area (Å²) in [6, 6.07) is 3.86. The van der Waals surface area contributed by atoms with E-state index in [1.54, 1.807) is 11.3 Å². The van der Waals surface area contributed by atoms with Crippen LogP contribution in [0.3, 0.4) is 0 Å². The van der Waals surface area contributed by atoms with Crippen molar-refractivity contribution in [2.45, 2.75) is 26.3 Å². The van der Waals surface area contributed by atoms with Crippen molar-refractivity contribution < 1.29 is 4.42 Å². The van der Waals surface area contributed by atoms with Crippen molar-refractivity contribution in [2.75, 3.05) is 0 Å². The van der Waals surface area contributed by atoms with Gasteiger partial charge < -0.3 is 10.2 Å². The van der Waals surface area contributed by atoms with Crippen molar-refractivity contribution in [3.8, 4) is 11.5 Å². The van der Waals surface area contributed by atoms with Crippen molar-refractivity contribution in [2.24, 2.45) is 5.73 Å². The Hall–Kier alpha value is -1.13. The lowest BCUT2D eigenvalue weighted by atomic mass is 10.1. The Bertz CT molecular complexity index is 465. The highest BCUT2D eigenvalue weighted by atomic mass is 32.1. The topological polar surface area (TPSA) is 52.0 Å². The predicted molar refractivity (Wildman–Crippen MR) is 61.8 cm³/mol. The minimum Gasteiger partial charge on any atom is -0.460 e. The number of hydrogen-bond donors (Lipinski definition) is 1. The predicted octanol–water partition coefficient (Wildman–Crippen LogP) is 2.91. The van der Waals surface area contributed by atoms with Crippen molar-refractivity contribution in [1.82, 2.24) is 4.98 Å². The number of rotatable bonds is 2. The number of hydrogen-bond acceptors (Lipinski definition) is 4. The zero-order valence-electron chi connectivity index (χ0n) is 9.07. The lowest BCUT2D eigenvalue weighted by Gasteiger charge is -2.13. The van der Waals surface area contributed by atoms with Crippen LogP contribution in [0.5, 0.6) is 0 Å². The normalized spacial score (nSPS) is 12.0. The number of nitrogens with zero attached hydrogens (tertiary/aromatic N) is 1. The molecule has 2 rings (SSSR count). The first kappa shape index (κ1) is 10.4. The molecule has 0 atom stereocenters. The van der Waals surface area contributed by atoms with E-state index < -0.39 is 0 Å². The number of nitrogens with two attached hydrogens (primary N) is 1. The Morgan fingerprint density at radius 2 is 2.13 bits per heavy atom. The highest BCUT2D eigenvalue weighted by Crippen LogP contribution is 2.28. The van der Waals surface area contributed by atoms with Gasteiger partial charge in [-0.15, -0.1) is 11.3 Å². The van der Waals surface area contributed by atoms with Gasteiger partial charge in [-0.2, -0.15) is 0 Å². The van der Waals surface area contributed by atoms with Crippen molar-refractivity contribution in [1.29, 1.82) is 0 Å². The third kappa shape index (κ3) is 2.11. The summed E-state index contributed by atoms with van der Waals surface area (Å²) < 4.78 is 5.50. The van der Waals surface area contributed by atoms with Crippen molar-refractivity contribution >= 4 is 11.3 Å². The van der Waals surface area contributed by atoms with Crippen molar-refractivity contribution in [3.05, 3.63) is 28.3 Å². The Labute approximate surface area is 92.9 Å². The van der Waals surface area contributed by atoms with Crippen LogP contribution in [0.4, 0.5) is 0 Å². The molecule has 0 saturated carbocycles. The molecule has 0 aromatic carbocycles. The minimum absolute atomic E-state index is 0.384. The minimum atomic E-state index is -0.384. The maximum absolute atomic E-state index is 5.97. The second kappa shape index (κ2) is 3.47. The summed E-state index contributed by atoms with van der Waals surface area (Å²) in [6.45, 7) is 5.82. The van der Waals surface area contributed by atoms with Gasteiger partial charge in [-0.3, -0.25) is 0 Å². The Balaban J connectivity index is 2.36. The molecule has 0 radical (unpaired) electrons. The monoisotopic (exact) mass is 222 g/mol. The van der Waals surface area contributed by atoms with E-state index in [9.17, 15) is 0 Å². The molecule has 80 valence electrons. The van der Waals surface area contributed by atoms with Gasteiger partial charge in [0.15, 0.2) is 5.76 Å². The summed E-state index contributed by atoms with van der Waals surface area (Å²) >= 11 is 1.56. The Kier molecular flexibility index (Phi) is 2.40. The van der Waals surface area contributed by atoms with E-state index in [0.29, 0.717) is 0 Å². The van der Waals surface area contributed by atoms with Crippen LogP contribution in [0.15, 0.2) is 21.9 Å². The standard InChI is InChI=1S/C11H14N2OS/c1-7-4-5-9(14-7)8-6-15-10(13-8)11(2,3)12/h4-6H,12H2,1-3H3. The molecule has 15 heavy (non-hydrogen) atoms. The number of aromatic nitrogens is 1. The Morgan fingerprint density at radius 3 is 2.60 bits per heavy atom. The smallest absolute Gasteiger partial charge is 0.153 e. The molecule has 0 aliphatic heterocycles. The summed E-state index contributed by atoms with van der Waals surface area (Å²) in [6.07, 6.45) is 0. The fourth-order valence-electron chi connectivity index (χ4n) is 1.26. The lowest BCUT2D eigenvalue weighted by Crippen LogP contribution is -2.28. The third-order valence-electron chi connectivity index (χ3n) is 2.05. The van der Waals surface area contributed by atoms with Gasteiger partial charge in [-0.1, -0.05) is 0 Å². The molecular formula is C11H14N2OS. The molecule has 2 aromatic heterocycles. The molecule has 0 unspecified atom stereocenters. The first-order valence-corrected chi connectivity index (χ1v) is 5.66. The van der Waals surface area contributed by atoms with Crippen LogP contribution in [0.25, 0.3) is 11.5 Å². The number of aryl methyl sites for hydroxylation is 1. The molecule has 2 N–H and O–H groups in total. The summed E-state index contributed by atoms with van der Waals surface area (Å²) in [7, 11) is 0. The van der Waals surface area contributed by atoms with E-state index in [2.05, 4.69) is 4.98 Å². The SMILES string of the molecule is Cc1ccc(-c2csc(C(C)(C)N)n2)o1. The first-order valence-electron chi connectivity index (χ1n) is 4.78. The summed E-state index contributed by atoms with van der Waals surface area (Å²) in [5.74, 6) is 1.70. The van der Waals surface area contributed by atoms with Crippen LogP contribution in [0.2, 0.25) is 0 Å². The number of furan rings is 1. The van der Waals surface area contributed by atoms with Crippen LogP contribution in [-0.4, -0.2) is 4.98 Å². The van der Waals surface area contributed by atoms with Gasteiger partial charge in [-0.25, -0.2) is 4.98 Å². The van der Waals surface area contributed by atoms with E-state index in [1.807, 2.05) is 38.3 Å². The molecule has 0 fully saturated rings. The Morgan fingerprint density at radius 1 is 1.40 bits per heavy atom. The van der Waals surface area contributed by atoms with Gasteiger partial charge in [0.05, 0.1) is 5.54 Å². The summed E-state index contributed by atoms with van der Waals surface area (Å²) in [4.78, 5) is 4.46. The van der Waals surface area contributed by atoms with Crippen LogP contribution in [0, 0.1) is 6.92 Å². The molecule has 0 aliphatic rings. The van der Waals surface area contributed by atoms with Gasteiger partial charge in [0.1, 0.15) is 16.5 Å². The second-order valence-electron chi connectivity index (χ2n) is 4.17. The van der Waals surface area contributed by atoms with Gasteiger partial charge in [-0.05, 0) is 32.9 Å². The molecule has 0 bridgehead atoms. The maximum atomic E-state index is 5.97. The van der Waals surface area contributed by atoms with E-state index >= 15 is 0 Å². The molecule has 0 saturated heterocycles. The largest absolute Gasteiger partial charge is 0.460 e. The highest BCUT2D eigenvalue weighted by molar-refractivity contribution is 7.10. The summed E-state index contributed by atoms with van der Waals surface area (Å²) in [5.41, 5.74) is 6.45. The lowest BCUT2D eigenvalue weighted by molar-refractivity contribution is 0.539. The first-order chi connectivity index (χ1) is 6.97. The molecule has 0 amide bonds. The van der Waals surface area contributed by atoms with Gasteiger partial charge in [0.25, 0.3) is 0 Å². The van der Waals surface area contributed by atoms with Gasteiger partial charge in [0.2, 0.25) is 0 Å². The van der Waals surface area contributed by atoms with Crippen LogP contribution in [-0.2, 0) is 5.54 Å². The zero-order chi connectivity index (χ0) is 11.1. The van der Waals surface area contributed by atoms with E-state index in [1.165, 1.54) is 0 Å². The fraction of sp³-hybridized carbons (Fsp3) is 0.364. The summed E-state index contributed by atoms with van der Waals surface area (Å²) in [5, 5.41) is 2.90. The van der Waals surface area contributed by atoms with Crippen LogP contribution >= 0.6 is 11.3 Å². The molecule has 2 aromatic rings.